The molecule has 2 aromatic carbocycles. The molecule has 0 aliphatic heterocycles. The topological polar surface area (TPSA) is 85.7 Å². The van der Waals surface area contributed by atoms with Crippen molar-refractivity contribution in [1.82, 2.24) is 4.98 Å². The van der Waals surface area contributed by atoms with Gasteiger partial charge in [0.05, 0.1) is 28.8 Å². The number of halogens is 1. The maximum Gasteiger partial charge on any atom is 0.343 e. The molecule has 7 heteroatoms. The number of esters is 1. The first-order valence-corrected chi connectivity index (χ1v) is 7.56. The highest BCUT2D eigenvalue weighted by atomic mass is 35.5. The van der Waals surface area contributed by atoms with Gasteiger partial charge < -0.3 is 14.6 Å². The Morgan fingerprint density at radius 3 is 2.48 bits per heavy atom. The highest BCUT2D eigenvalue weighted by molar-refractivity contribution is 6.38. The monoisotopic (exact) mass is 357 g/mol. The summed E-state index contributed by atoms with van der Waals surface area (Å²) in [6, 6.07) is 11.5. The third-order valence-corrected chi connectivity index (χ3v) is 3.94. The highest BCUT2D eigenvalue weighted by Crippen LogP contribution is 2.36. The second-order valence-corrected chi connectivity index (χ2v) is 5.44. The minimum atomic E-state index is -1.18. The van der Waals surface area contributed by atoms with Gasteiger partial charge in [0.1, 0.15) is 0 Å². The molecule has 6 nitrogen and oxygen atoms in total. The van der Waals surface area contributed by atoms with Crippen LogP contribution in [0.15, 0.2) is 48.7 Å². The molecule has 0 fully saturated rings. The number of aromatic carboxylic acids is 1. The third-order valence-electron chi connectivity index (χ3n) is 3.53. The van der Waals surface area contributed by atoms with E-state index in [2.05, 4.69) is 4.98 Å². The Kier molecular flexibility index (Phi) is 4.54. The van der Waals surface area contributed by atoms with Gasteiger partial charge in [0, 0.05) is 17.6 Å². The molecule has 0 radical (unpaired) electrons. The molecule has 0 unspecified atom stereocenters. The summed E-state index contributed by atoms with van der Waals surface area (Å²) in [7, 11) is 1.41. The van der Waals surface area contributed by atoms with Crippen molar-refractivity contribution in [2.75, 3.05) is 7.11 Å². The molecule has 25 heavy (non-hydrogen) atoms. The number of carbonyl (C=O) groups is 2. The molecule has 3 aromatic rings. The summed E-state index contributed by atoms with van der Waals surface area (Å²) in [6.07, 6.45) is 1.16. The van der Waals surface area contributed by atoms with Crippen LogP contribution in [-0.2, 0) is 0 Å². The van der Waals surface area contributed by atoms with Crippen LogP contribution in [0.2, 0.25) is 5.02 Å². The number of benzene rings is 2. The Morgan fingerprint density at radius 1 is 1.12 bits per heavy atom. The second kappa shape index (κ2) is 6.78. The van der Waals surface area contributed by atoms with Gasteiger partial charge in [-0.15, -0.1) is 0 Å². The lowest BCUT2D eigenvalue weighted by atomic mass is 10.1. The van der Waals surface area contributed by atoms with Gasteiger partial charge in [-0.05, 0) is 18.2 Å². The molecule has 0 atom stereocenters. The van der Waals surface area contributed by atoms with E-state index in [0.717, 1.165) is 6.20 Å². The molecule has 3 rings (SSSR count). The number of hydrogen-bond acceptors (Lipinski definition) is 5. The molecule has 0 saturated heterocycles. The normalized spacial score (nSPS) is 10.5. The van der Waals surface area contributed by atoms with E-state index in [1.54, 1.807) is 30.3 Å². The zero-order chi connectivity index (χ0) is 18.0. The number of rotatable bonds is 4. The standard InChI is InChI=1S/C18H12ClNO5/c1-24-14-7-11-13(20-9-12(16(11)19)17(21)22)8-15(14)25-18(23)10-5-3-2-4-6-10/h2-9H,1H3,(H,21,22). The smallest absolute Gasteiger partial charge is 0.343 e. The number of carboxylic acids is 1. The van der Waals surface area contributed by atoms with Gasteiger partial charge in [-0.25, -0.2) is 9.59 Å². The first-order valence-electron chi connectivity index (χ1n) is 7.18. The van der Waals surface area contributed by atoms with Crippen molar-refractivity contribution in [2.45, 2.75) is 0 Å². The van der Waals surface area contributed by atoms with Crippen LogP contribution >= 0.6 is 11.6 Å². The number of hydrogen-bond donors (Lipinski definition) is 1. The SMILES string of the molecule is COc1cc2c(Cl)c(C(=O)O)cnc2cc1OC(=O)c1ccccc1. The number of aromatic nitrogens is 1. The van der Waals surface area contributed by atoms with Gasteiger partial charge in [-0.1, -0.05) is 29.8 Å². The fourth-order valence-corrected chi connectivity index (χ4v) is 2.57. The van der Waals surface area contributed by atoms with Gasteiger partial charge in [0.25, 0.3) is 0 Å². The van der Waals surface area contributed by atoms with E-state index in [0.29, 0.717) is 16.5 Å². The number of carboxylic acid groups (broad SMARTS) is 1. The van der Waals surface area contributed by atoms with Gasteiger partial charge >= 0.3 is 11.9 Å². The van der Waals surface area contributed by atoms with Crippen LogP contribution in [0.25, 0.3) is 10.9 Å². The largest absolute Gasteiger partial charge is 0.493 e. The van der Waals surface area contributed by atoms with Crippen LogP contribution in [0.5, 0.6) is 11.5 Å². The molecule has 0 saturated carbocycles. The van der Waals surface area contributed by atoms with Crippen molar-refractivity contribution in [3.05, 3.63) is 64.8 Å². The fraction of sp³-hybridized carbons (Fsp3) is 0.0556. The van der Waals surface area contributed by atoms with Crippen LogP contribution in [0.4, 0.5) is 0 Å². The zero-order valence-corrected chi connectivity index (χ0v) is 13.8. The Bertz CT molecular complexity index is 972. The van der Waals surface area contributed by atoms with E-state index in [4.69, 9.17) is 26.2 Å². The van der Waals surface area contributed by atoms with E-state index < -0.39 is 11.9 Å². The van der Waals surface area contributed by atoms with Crippen molar-refractivity contribution in [1.29, 1.82) is 0 Å². The summed E-state index contributed by atoms with van der Waals surface area (Å²) < 4.78 is 10.6. The van der Waals surface area contributed by atoms with E-state index in [1.165, 1.54) is 19.2 Å². The first kappa shape index (κ1) is 16.7. The average molecular weight is 358 g/mol. The van der Waals surface area contributed by atoms with Crippen LogP contribution in [-0.4, -0.2) is 29.1 Å². The maximum absolute atomic E-state index is 12.2. The van der Waals surface area contributed by atoms with Crippen molar-refractivity contribution < 1.29 is 24.2 Å². The molecule has 126 valence electrons. The zero-order valence-electron chi connectivity index (χ0n) is 13.0. The quantitative estimate of drug-likeness (QED) is 0.564. The molecule has 1 N–H and O–H groups in total. The lowest BCUT2D eigenvalue weighted by Crippen LogP contribution is -2.09. The third kappa shape index (κ3) is 3.25. The molecule has 0 aliphatic carbocycles. The summed E-state index contributed by atoms with van der Waals surface area (Å²) in [5.41, 5.74) is 0.647. The highest BCUT2D eigenvalue weighted by Gasteiger charge is 2.18. The molecule has 1 aromatic heterocycles. The van der Waals surface area contributed by atoms with Crippen LogP contribution in [0.3, 0.4) is 0 Å². The van der Waals surface area contributed by atoms with Crippen LogP contribution in [0, 0.1) is 0 Å². The average Bonchev–Trinajstić information content (AvgIpc) is 2.62. The number of fused-ring (bicyclic) bond motifs is 1. The minimum Gasteiger partial charge on any atom is -0.493 e. The van der Waals surface area contributed by atoms with E-state index in [9.17, 15) is 9.59 Å². The van der Waals surface area contributed by atoms with E-state index >= 15 is 0 Å². The van der Waals surface area contributed by atoms with Gasteiger partial charge in [0.2, 0.25) is 0 Å². The Morgan fingerprint density at radius 2 is 1.84 bits per heavy atom. The van der Waals surface area contributed by atoms with Gasteiger partial charge in [-0.3, -0.25) is 4.98 Å². The summed E-state index contributed by atoms with van der Waals surface area (Å²) in [4.78, 5) is 27.5. The maximum atomic E-state index is 12.2. The summed E-state index contributed by atoms with van der Waals surface area (Å²) in [5.74, 6) is -1.33. The van der Waals surface area contributed by atoms with E-state index in [-0.39, 0.29) is 22.1 Å². The lowest BCUT2D eigenvalue weighted by molar-refractivity contribution is 0.0694. The number of ether oxygens (including phenoxy) is 2. The number of pyridine rings is 1. The van der Waals surface area contributed by atoms with Crippen molar-refractivity contribution >= 4 is 34.4 Å². The molecule has 0 aliphatic rings. The van der Waals surface area contributed by atoms with Crippen molar-refractivity contribution in [3.8, 4) is 11.5 Å². The van der Waals surface area contributed by atoms with Gasteiger partial charge in [-0.2, -0.15) is 0 Å². The molecule has 0 spiro atoms. The fourth-order valence-electron chi connectivity index (χ4n) is 2.29. The Balaban J connectivity index is 2.05. The summed E-state index contributed by atoms with van der Waals surface area (Å²) in [5, 5.41) is 9.55. The van der Waals surface area contributed by atoms with E-state index in [1.807, 2.05) is 0 Å². The Hall–Kier alpha value is -3.12. The number of carbonyl (C=O) groups excluding carboxylic acids is 1. The molecule has 0 amide bonds. The molecule has 0 bridgehead atoms. The van der Waals surface area contributed by atoms with Crippen molar-refractivity contribution in [3.63, 3.8) is 0 Å². The molecular formula is C18H12ClNO5. The molecule has 1 heterocycles. The number of nitrogens with zero attached hydrogens (tertiary/aromatic N) is 1. The predicted molar refractivity (Wildman–Crippen MR) is 91.7 cm³/mol. The summed E-state index contributed by atoms with van der Waals surface area (Å²) in [6.45, 7) is 0. The van der Waals surface area contributed by atoms with Gasteiger partial charge in [0.15, 0.2) is 11.5 Å². The predicted octanol–water partition coefficient (Wildman–Crippen LogP) is 3.81. The van der Waals surface area contributed by atoms with Crippen molar-refractivity contribution in [2.24, 2.45) is 0 Å². The van der Waals surface area contributed by atoms with Crippen LogP contribution < -0.4 is 9.47 Å². The second-order valence-electron chi connectivity index (χ2n) is 5.07. The van der Waals surface area contributed by atoms with Crippen LogP contribution in [0.1, 0.15) is 20.7 Å². The number of methoxy groups -OCH3 is 1. The first-order chi connectivity index (χ1) is 12.0. The minimum absolute atomic E-state index is 0.0386. The summed E-state index contributed by atoms with van der Waals surface area (Å²) >= 11 is 6.14. The molecular weight excluding hydrogens is 346 g/mol. The Labute approximate surface area is 147 Å². The lowest BCUT2D eigenvalue weighted by Gasteiger charge is -2.12.